The summed E-state index contributed by atoms with van der Waals surface area (Å²) in [5, 5.41) is 9.26. The number of nitrogens with zero attached hydrogens (tertiary/aromatic N) is 2. The molecular weight excluding hydrogens is 228 g/mol. The van der Waals surface area contributed by atoms with E-state index in [9.17, 15) is 5.26 Å². The Bertz CT molecular complexity index is 358. The van der Waals surface area contributed by atoms with Crippen molar-refractivity contribution in [3.05, 3.63) is 35.9 Å². The molecular formula is C14H20N2S. The van der Waals surface area contributed by atoms with Crippen LogP contribution < -0.4 is 0 Å². The van der Waals surface area contributed by atoms with Gasteiger partial charge in [0.05, 0.1) is 12.0 Å². The summed E-state index contributed by atoms with van der Waals surface area (Å²) in [6, 6.07) is 12.9. The van der Waals surface area contributed by atoms with Gasteiger partial charge >= 0.3 is 0 Å². The Labute approximate surface area is 109 Å². The van der Waals surface area contributed by atoms with Crippen molar-refractivity contribution in [3.63, 3.8) is 0 Å². The molecule has 0 saturated carbocycles. The molecule has 0 saturated heterocycles. The van der Waals surface area contributed by atoms with Crippen LogP contribution in [0.15, 0.2) is 30.3 Å². The molecule has 0 aliphatic heterocycles. The van der Waals surface area contributed by atoms with Crippen molar-refractivity contribution in [1.29, 1.82) is 5.26 Å². The smallest absolute Gasteiger partial charge is 0.0839 e. The monoisotopic (exact) mass is 248 g/mol. The molecule has 0 N–H and O–H groups in total. The second kappa shape index (κ2) is 7.37. The van der Waals surface area contributed by atoms with Gasteiger partial charge in [-0.1, -0.05) is 30.3 Å². The standard InChI is InChI=1S/C14H20N2S/c1-12(11-17-3)16(2)10-14(9-15)13-7-5-4-6-8-13/h4-8,12,14H,10-11H2,1-3H3. The number of hydrogen-bond acceptors (Lipinski definition) is 3. The van der Waals surface area contributed by atoms with Crippen LogP contribution in [-0.4, -0.2) is 36.5 Å². The largest absolute Gasteiger partial charge is 0.301 e. The number of rotatable bonds is 6. The molecule has 0 aliphatic rings. The zero-order chi connectivity index (χ0) is 12.7. The molecule has 0 bridgehead atoms. The summed E-state index contributed by atoms with van der Waals surface area (Å²) in [5.41, 5.74) is 1.11. The van der Waals surface area contributed by atoms with E-state index in [1.807, 2.05) is 42.1 Å². The molecule has 0 spiro atoms. The molecule has 2 unspecified atom stereocenters. The van der Waals surface area contributed by atoms with E-state index in [1.165, 1.54) is 0 Å². The SMILES string of the molecule is CSCC(C)N(C)CC(C#N)c1ccccc1. The summed E-state index contributed by atoms with van der Waals surface area (Å²) >= 11 is 1.84. The first kappa shape index (κ1) is 14.1. The van der Waals surface area contributed by atoms with Gasteiger partial charge in [-0.2, -0.15) is 17.0 Å². The predicted octanol–water partition coefficient (Wildman–Crippen LogP) is 2.98. The van der Waals surface area contributed by atoms with Gasteiger partial charge in [0.15, 0.2) is 0 Å². The van der Waals surface area contributed by atoms with Crippen LogP contribution in [0, 0.1) is 11.3 Å². The zero-order valence-corrected chi connectivity index (χ0v) is 11.6. The van der Waals surface area contributed by atoms with Gasteiger partial charge in [-0.25, -0.2) is 0 Å². The fourth-order valence-corrected chi connectivity index (χ4v) is 2.48. The first-order chi connectivity index (χ1) is 8.19. The molecule has 0 fully saturated rings. The highest BCUT2D eigenvalue weighted by atomic mass is 32.2. The summed E-state index contributed by atoms with van der Waals surface area (Å²) < 4.78 is 0. The number of likely N-dealkylation sites (N-methyl/N-ethyl adjacent to an activating group) is 1. The highest BCUT2D eigenvalue weighted by molar-refractivity contribution is 7.98. The minimum Gasteiger partial charge on any atom is -0.301 e. The third-order valence-corrected chi connectivity index (χ3v) is 3.80. The number of hydrogen-bond donors (Lipinski definition) is 0. The third-order valence-electron chi connectivity index (χ3n) is 2.99. The van der Waals surface area contributed by atoms with Gasteiger partial charge in [0.2, 0.25) is 0 Å². The van der Waals surface area contributed by atoms with Crippen LogP contribution >= 0.6 is 11.8 Å². The van der Waals surface area contributed by atoms with Crippen molar-refractivity contribution in [2.45, 2.75) is 18.9 Å². The summed E-state index contributed by atoms with van der Waals surface area (Å²) in [6.45, 7) is 3.00. The number of nitriles is 1. The van der Waals surface area contributed by atoms with Gasteiger partial charge < -0.3 is 4.90 Å². The predicted molar refractivity (Wildman–Crippen MR) is 75.3 cm³/mol. The van der Waals surface area contributed by atoms with E-state index in [-0.39, 0.29) is 5.92 Å². The maximum Gasteiger partial charge on any atom is 0.0839 e. The minimum atomic E-state index is -0.0366. The van der Waals surface area contributed by atoms with E-state index in [1.54, 1.807) is 0 Å². The molecule has 0 aromatic heterocycles. The lowest BCUT2D eigenvalue weighted by Crippen LogP contribution is -2.34. The lowest BCUT2D eigenvalue weighted by atomic mass is 10.00. The number of benzene rings is 1. The molecule has 1 aromatic carbocycles. The summed E-state index contributed by atoms with van der Waals surface area (Å²) in [7, 11) is 2.09. The molecule has 2 atom stereocenters. The molecule has 3 heteroatoms. The molecule has 1 rings (SSSR count). The maximum atomic E-state index is 9.26. The lowest BCUT2D eigenvalue weighted by Gasteiger charge is -2.26. The Balaban J connectivity index is 2.62. The second-order valence-corrected chi connectivity index (χ2v) is 5.25. The van der Waals surface area contributed by atoms with Gasteiger partial charge in [0.25, 0.3) is 0 Å². The molecule has 92 valence electrons. The maximum absolute atomic E-state index is 9.26. The van der Waals surface area contributed by atoms with Gasteiger partial charge in [0, 0.05) is 18.3 Å². The second-order valence-electron chi connectivity index (χ2n) is 4.34. The Hall–Kier alpha value is -0.980. The van der Waals surface area contributed by atoms with E-state index < -0.39 is 0 Å². The Morgan fingerprint density at radius 3 is 2.53 bits per heavy atom. The topological polar surface area (TPSA) is 27.0 Å². The quantitative estimate of drug-likeness (QED) is 0.774. The molecule has 1 aromatic rings. The first-order valence-electron chi connectivity index (χ1n) is 5.82. The molecule has 0 aliphatic carbocycles. The first-order valence-corrected chi connectivity index (χ1v) is 7.22. The fraction of sp³-hybridized carbons (Fsp3) is 0.500. The Kier molecular flexibility index (Phi) is 6.10. The molecule has 0 radical (unpaired) electrons. The zero-order valence-electron chi connectivity index (χ0n) is 10.8. The van der Waals surface area contributed by atoms with E-state index >= 15 is 0 Å². The summed E-state index contributed by atoms with van der Waals surface area (Å²) in [5.74, 6) is 1.06. The van der Waals surface area contributed by atoms with Crippen LogP contribution in [-0.2, 0) is 0 Å². The Morgan fingerprint density at radius 1 is 1.35 bits per heavy atom. The Morgan fingerprint density at radius 2 is 2.00 bits per heavy atom. The van der Waals surface area contributed by atoms with Crippen LogP contribution in [0.5, 0.6) is 0 Å². The third kappa shape index (κ3) is 4.41. The van der Waals surface area contributed by atoms with Gasteiger partial charge in [-0.15, -0.1) is 0 Å². The van der Waals surface area contributed by atoms with Crippen molar-refractivity contribution in [1.82, 2.24) is 4.90 Å². The highest BCUT2D eigenvalue weighted by Crippen LogP contribution is 2.17. The van der Waals surface area contributed by atoms with Crippen LogP contribution in [0.3, 0.4) is 0 Å². The molecule has 0 heterocycles. The molecule has 2 nitrogen and oxygen atoms in total. The van der Waals surface area contributed by atoms with Crippen LogP contribution in [0.4, 0.5) is 0 Å². The van der Waals surface area contributed by atoms with E-state index in [4.69, 9.17) is 0 Å². The van der Waals surface area contributed by atoms with Crippen LogP contribution in [0.1, 0.15) is 18.4 Å². The van der Waals surface area contributed by atoms with E-state index in [0.717, 1.165) is 17.9 Å². The average Bonchev–Trinajstić information content (AvgIpc) is 2.37. The van der Waals surface area contributed by atoms with Crippen molar-refractivity contribution < 1.29 is 0 Å². The van der Waals surface area contributed by atoms with E-state index in [2.05, 4.69) is 31.2 Å². The summed E-state index contributed by atoms with van der Waals surface area (Å²) in [6.07, 6.45) is 2.11. The van der Waals surface area contributed by atoms with Crippen LogP contribution in [0.25, 0.3) is 0 Å². The highest BCUT2D eigenvalue weighted by Gasteiger charge is 2.16. The van der Waals surface area contributed by atoms with E-state index in [0.29, 0.717) is 6.04 Å². The molecule has 17 heavy (non-hydrogen) atoms. The van der Waals surface area contributed by atoms with Gasteiger partial charge in [-0.05, 0) is 25.8 Å². The number of thioether (sulfide) groups is 1. The van der Waals surface area contributed by atoms with Crippen LogP contribution in [0.2, 0.25) is 0 Å². The fourth-order valence-electron chi connectivity index (χ4n) is 1.74. The molecule has 0 amide bonds. The van der Waals surface area contributed by atoms with Crippen molar-refractivity contribution in [2.75, 3.05) is 25.6 Å². The van der Waals surface area contributed by atoms with Crippen molar-refractivity contribution >= 4 is 11.8 Å². The van der Waals surface area contributed by atoms with Gasteiger partial charge in [-0.3, -0.25) is 0 Å². The summed E-state index contributed by atoms with van der Waals surface area (Å²) in [4.78, 5) is 2.26. The van der Waals surface area contributed by atoms with Crippen molar-refractivity contribution in [2.24, 2.45) is 0 Å². The van der Waals surface area contributed by atoms with Gasteiger partial charge in [0.1, 0.15) is 0 Å². The normalized spacial score (nSPS) is 14.3. The minimum absolute atomic E-state index is 0.0366. The average molecular weight is 248 g/mol. The van der Waals surface area contributed by atoms with Crippen molar-refractivity contribution in [3.8, 4) is 6.07 Å². The lowest BCUT2D eigenvalue weighted by molar-refractivity contribution is 0.273.